The number of benzene rings is 3. The molecule has 0 fully saturated rings. The average molecular weight is 432 g/mol. The van der Waals surface area contributed by atoms with Crippen LogP contribution < -0.4 is 4.74 Å². The van der Waals surface area contributed by atoms with Gasteiger partial charge >= 0.3 is 0 Å². The zero-order chi connectivity index (χ0) is 16.1. The van der Waals surface area contributed by atoms with E-state index in [1.807, 2.05) is 30.3 Å². The summed E-state index contributed by atoms with van der Waals surface area (Å²) >= 11 is 6.99. The van der Waals surface area contributed by atoms with Crippen LogP contribution in [-0.2, 0) is 6.42 Å². The van der Waals surface area contributed by atoms with Gasteiger partial charge < -0.3 is 4.74 Å². The minimum Gasteiger partial charge on any atom is -0.496 e. The lowest BCUT2D eigenvalue weighted by Gasteiger charge is -2.21. The highest BCUT2D eigenvalue weighted by Crippen LogP contribution is 2.37. The molecule has 0 bridgehead atoms. The highest BCUT2D eigenvalue weighted by Gasteiger charge is 2.25. The predicted molar refractivity (Wildman–Crippen MR) is 98.6 cm³/mol. The van der Waals surface area contributed by atoms with E-state index in [0.29, 0.717) is 0 Å². The van der Waals surface area contributed by atoms with E-state index < -0.39 is 0 Å². The van der Waals surface area contributed by atoms with Gasteiger partial charge in [-0.2, -0.15) is 0 Å². The molecular formula is C19H12Br2O2. The number of fused-ring (bicyclic) bond motifs is 4. The molecule has 0 saturated heterocycles. The summed E-state index contributed by atoms with van der Waals surface area (Å²) in [4.78, 5) is 13.0. The number of halogens is 2. The van der Waals surface area contributed by atoms with E-state index in [4.69, 9.17) is 4.74 Å². The topological polar surface area (TPSA) is 26.3 Å². The minimum atomic E-state index is 0.0868. The Morgan fingerprint density at radius 3 is 2.61 bits per heavy atom. The van der Waals surface area contributed by atoms with Gasteiger partial charge in [-0.3, -0.25) is 4.79 Å². The Kier molecular flexibility index (Phi) is 3.54. The molecule has 3 aromatic rings. The first-order valence-electron chi connectivity index (χ1n) is 7.20. The molecule has 0 spiro atoms. The lowest BCUT2D eigenvalue weighted by molar-refractivity contribution is 0.103. The Hall–Kier alpha value is -1.65. The zero-order valence-electron chi connectivity index (χ0n) is 12.3. The minimum absolute atomic E-state index is 0.0868. The number of hydrogen-bond donors (Lipinski definition) is 0. The van der Waals surface area contributed by atoms with Crippen LogP contribution in [0.3, 0.4) is 0 Å². The van der Waals surface area contributed by atoms with Crippen molar-refractivity contribution in [1.29, 1.82) is 0 Å². The summed E-state index contributed by atoms with van der Waals surface area (Å²) in [6.45, 7) is 0. The third kappa shape index (κ3) is 2.32. The summed E-state index contributed by atoms with van der Waals surface area (Å²) in [5, 5.41) is 1.98. The van der Waals surface area contributed by atoms with Crippen molar-refractivity contribution < 1.29 is 9.53 Å². The summed E-state index contributed by atoms with van der Waals surface area (Å²) in [6.07, 6.45) is 0.768. The predicted octanol–water partition coefficient (Wildman–Crippen LogP) is 5.51. The largest absolute Gasteiger partial charge is 0.496 e. The molecule has 114 valence electrons. The molecular weight excluding hydrogens is 420 g/mol. The van der Waals surface area contributed by atoms with Crippen molar-refractivity contribution in [1.82, 2.24) is 0 Å². The van der Waals surface area contributed by atoms with Crippen LogP contribution in [0.15, 0.2) is 51.4 Å². The summed E-state index contributed by atoms with van der Waals surface area (Å²) < 4.78 is 7.29. The van der Waals surface area contributed by atoms with Crippen molar-refractivity contribution in [2.45, 2.75) is 6.42 Å². The van der Waals surface area contributed by atoms with Gasteiger partial charge in [0.2, 0.25) is 0 Å². The molecule has 2 nitrogen and oxygen atoms in total. The maximum atomic E-state index is 13.0. The third-order valence-electron chi connectivity index (χ3n) is 4.30. The lowest BCUT2D eigenvalue weighted by Crippen LogP contribution is -2.15. The Morgan fingerprint density at radius 1 is 1.00 bits per heavy atom. The molecule has 0 N–H and O–H groups in total. The van der Waals surface area contributed by atoms with E-state index in [0.717, 1.165) is 54.1 Å². The number of hydrogen-bond acceptors (Lipinski definition) is 2. The average Bonchev–Trinajstić information content (AvgIpc) is 2.53. The quantitative estimate of drug-likeness (QED) is 0.397. The maximum absolute atomic E-state index is 13.0. The fourth-order valence-electron chi connectivity index (χ4n) is 3.21. The summed E-state index contributed by atoms with van der Waals surface area (Å²) in [5.74, 6) is 0.823. The van der Waals surface area contributed by atoms with Crippen LogP contribution in [0.5, 0.6) is 5.75 Å². The second kappa shape index (κ2) is 5.46. The van der Waals surface area contributed by atoms with Gasteiger partial charge in [0.05, 0.1) is 11.6 Å². The van der Waals surface area contributed by atoms with Crippen molar-refractivity contribution in [2.24, 2.45) is 0 Å². The second-order valence-corrected chi connectivity index (χ2v) is 7.38. The number of ketones is 1. The SMILES string of the molecule is COc1cc2c3c(ccc2cc1Br)Cc1cc(Br)ccc1C3=O. The monoisotopic (exact) mass is 430 g/mol. The number of rotatable bonds is 1. The van der Waals surface area contributed by atoms with Gasteiger partial charge in [0.15, 0.2) is 5.78 Å². The maximum Gasteiger partial charge on any atom is 0.194 e. The van der Waals surface area contributed by atoms with Crippen molar-refractivity contribution in [2.75, 3.05) is 7.11 Å². The molecule has 0 radical (unpaired) electrons. The van der Waals surface area contributed by atoms with Crippen LogP contribution in [0.4, 0.5) is 0 Å². The molecule has 0 amide bonds. The van der Waals surface area contributed by atoms with Crippen LogP contribution in [0.25, 0.3) is 10.8 Å². The fourth-order valence-corrected chi connectivity index (χ4v) is 4.14. The van der Waals surface area contributed by atoms with Crippen molar-refractivity contribution in [3.05, 3.63) is 73.7 Å². The Balaban J connectivity index is 2.01. The van der Waals surface area contributed by atoms with Crippen LogP contribution >= 0.6 is 31.9 Å². The van der Waals surface area contributed by atoms with Crippen molar-refractivity contribution in [3.63, 3.8) is 0 Å². The second-order valence-electron chi connectivity index (χ2n) is 5.61. The summed E-state index contributed by atoms with van der Waals surface area (Å²) in [6, 6.07) is 13.9. The Labute approximate surface area is 150 Å². The highest BCUT2D eigenvalue weighted by molar-refractivity contribution is 9.10. The van der Waals surface area contributed by atoms with Crippen molar-refractivity contribution in [3.8, 4) is 5.75 Å². The Morgan fingerprint density at radius 2 is 1.83 bits per heavy atom. The third-order valence-corrected chi connectivity index (χ3v) is 5.41. The molecule has 1 aliphatic rings. The van der Waals surface area contributed by atoms with E-state index >= 15 is 0 Å². The number of carbonyl (C=O) groups excluding carboxylic acids is 1. The van der Waals surface area contributed by atoms with Crippen LogP contribution in [0.1, 0.15) is 27.0 Å². The first-order valence-corrected chi connectivity index (χ1v) is 8.79. The van der Waals surface area contributed by atoms with Gasteiger partial charge in [0.1, 0.15) is 5.75 Å². The molecule has 1 aliphatic carbocycles. The summed E-state index contributed by atoms with van der Waals surface area (Å²) in [7, 11) is 1.63. The van der Waals surface area contributed by atoms with E-state index in [1.165, 1.54) is 0 Å². The molecule has 0 saturated carbocycles. The van der Waals surface area contributed by atoms with Gasteiger partial charge in [-0.15, -0.1) is 0 Å². The van der Waals surface area contributed by atoms with E-state index in [-0.39, 0.29) is 5.78 Å². The van der Waals surface area contributed by atoms with E-state index in [1.54, 1.807) is 7.11 Å². The van der Waals surface area contributed by atoms with Crippen LogP contribution in [0, 0.1) is 0 Å². The van der Waals surface area contributed by atoms with Gasteiger partial charge in [0, 0.05) is 15.6 Å². The molecule has 0 heterocycles. The lowest BCUT2D eigenvalue weighted by atomic mass is 9.82. The Bertz CT molecular complexity index is 977. The first-order chi connectivity index (χ1) is 11.1. The van der Waals surface area contributed by atoms with E-state index in [2.05, 4.69) is 44.0 Å². The molecule has 4 rings (SSSR count). The van der Waals surface area contributed by atoms with Crippen LogP contribution in [-0.4, -0.2) is 12.9 Å². The molecule has 4 heteroatoms. The highest BCUT2D eigenvalue weighted by atomic mass is 79.9. The standard InChI is InChI=1S/C19H12Br2O2/c1-23-17-9-15-10(8-16(17)21)2-3-11-6-12-7-13(20)4-5-14(12)19(22)18(11)15/h2-5,7-9H,6H2,1H3. The van der Waals surface area contributed by atoms with E-state index in [9.17, 15) is 4.79 Å². The van der Waals surface area contributed by atoms with Crippen LogP contribution in [0.2, 0.25) is 0 Å². The normalized spacial score (nSPS) is 12.9. The van der Waals surface area contributed by atoms with Gasteiger partial charge in [-0.05, 0) is 74.6 Å². The van der Waals surface area contributed by atoms with Crippen molar-refractivity contribution >= 4 is 48.4 Å². The fraction of sp³-hybridized carbons (Fsp3) is 0.105. The van der Waals surface area contributed by atoms with Gasteiger partial charge in [0.25, 0.3) is 0 Å². The molecule has 23 heavy (non-hydrogen) atoms. The molecule has 0 aromatic heterocycles. The molecule has 0 unspecified atom stereocenters. The number of ether oxygens (including phenoxy) is 1. The molecule has 0 aliphatic heterocycles. The number of carbonyl (C=O) groups is 1. The summed E-state index contributed by atoms with van der Waals surface area (Å²) in [5.41, 5.74) is 3.72. The molecule has 0 atom stereocenters. The van der Waals surface area contributed by atoms with Gasteiger partial charge in [-0.25, -0.2) is 0 Å². The smallest absolute Gasteiger partial charge is 0.194 e. The van der Waals surface area contributed by atoms with Gasteiger partial charge in [-0.1, -0.05) is 28.1 Å². The number of methoxy groups -OCH3 is 1. The first kappa shape index (κ1) is 14.9. The molecule has 3 aromatic carbocycles. The zero-order valence-corrected chi connectivity index (χ0v) is 15.5.